The number of alkyl carbamates (subject to hydrolysis) is 1. The fourth-order valence-electron chi connectivity index (χ4n) is 1.33. The van der Waals surface area contributed by atoms with Gasteiger partial charge in [0, 0.05) is 12.0 Å². The Labute approximate surface area is 98.4 Å². The number of ether oxygens (including phenoxy) is 1. The van der Waals surface area contributed by atoms with Crippen molar-refractivity contribution < 1.29 is 14.6 Å². The molecule has 0 heterocycles. The largest absolute Gasteiger partial charge is 0.449 e. The highest BCUT2D eigenvalue weighted by Gasteiger charge is 2.25. The van der Waals surface area contributed by atoms with Gasteiger partial charge in [-0.3, -0.25) is 0 Å². The first-order chi connectivity index (χ1) is 7.49. The summed E-state index contributed by atoms with van der Waals surface area (Å²) in [5, 5.41) is 12.0. The molecule has 0 aromatic carbocycles. The quantitative estimate of drug-likeness (QED) is 0.706. The van der Waals surface area contributed by atoms with Crippen molar-refractivity contribution in [3.8, 4) is 0 Å². The summed E-state index contributed by atoms with van der Waals surface area (Å²) >= 11 is 0. The molecule has 4 heteroatoms. The van der Waals surface area contributed by atoms with Gasteiger partial charge in [0.25, 0.3) is 0 Å². The average molecular weight is 231 g/mol. The lowest BCUT2D eigenvalue weighted by atomic mass is 9.83. The maximum absolute atomic E-state index is 11.3. The van der Waals surface area contributed by atoms with E-state index in [4.69, 9.17) is 4.74 Å². The zero-order chi connectivity index (χ0) is 12.6. The molecule has 16 heavy (non-hydrogen) atoms. The summed E-state index contributed by atoms with van der Waals surface area (Å²) in [6.45, 7) is 8.99. The summed E-state index contributed by atoms with van der Waals surface area (Å²) in [6, 6.07) is 0. The Morgan fingerprint density at radius 2 is 1.94 bits per heavy atom. The molecule has 0 aliphatic carbocycles. The van der Waals surface area contributed by atoms with Crippen molar-refractivity contribution in [2.24, 2.45) is 11.3 Å². The Balaban J connectivity index is 3.97. The standard InChI is InChI=1S/C12H25NO3/c1-5-12(6-2,9-14)8-13-11(15)16-7-10(3)4/h10,14H,5-9H2,1-4H3,(H,13,15). The minimum Gasteiger partial charge on any atom is -0.449 e. The normalized spacial score (nSPS) is 11.6. The van der Waals surface area contributed by atoms with E-state index in [9.17, 15) is 9.90 Å². The van der Waals surface area contributed by atoms with Crippen LogP contribution in [0.3, 0.4) is 0 Å². The summed E-state index contributed by atoms with van der Waals surface area (Å²) in [5.41, 5.74) is -0.211. The van der Waals surface area contributed by atoms with Gasteiger partial charge in [0.2, 0.25) is 0 Å². The van der Waals surface area contributed by atoms with E-state index in [2.05, 4.69) is 5.32 Å². The van der Waals surface area contributed by atoms with Gasteiger partial charge in [0.1, 0.15) is 0 Å². The highest BCUT2D eigenvalue weighted by molar-refractivity contribution is 5.67. The Bertz CT molecular complexity index is 192. The van der Waals surface area contributed by atoms with E-state index in [1.165, 1.54) is 0 Å². The molecule has 0 saturated carbocycles. The van der Waals surface area contributed by atoms with Crippen molar-refractivity contribution in [1.82, 2.24) is 5.32 Å². The van der Waals surface area contributed by atoms with Crippen molar-refractivity contribution in [2.45, 2.75) is 40.5 Å². The summed E-state index contributed by atoms with van der Waals surface area (Å²) in [5.74, 6) is 0.339. The van der Waals surface area contributed by atoms with Crippen LogP contribution < -0.4 is 5.32 Å². The monoisotopic (exact) mass is 231 g/mol. The minimum atomic E-state index is -0.395. The summed E-state index contributed by atoms with van der Waals surface area (Å²) in [6.07, 6.45) is 1.28. The number of nitrogens with one attached hydrogen (secondary N) is 1. The molecular formula is C12H25NO3. The molecule has 0 saturated heterocycles. The molecule has 0 aromatic heterocycles. The number of aliphatic hydroxyl groups excluding tert-OH is 1. The zero-order valence-electron chi connectivity index (χ0n) is 10.9. The molecule has 96 valence electrons. The van der Waals surface area contributed by atoms with Crippen LogP contribution in [-0.4, -0.2) is 31.0 Å². The third-order valence-electron chi connectivity index (χ3n) is 2.99. The van der Waals surface area contributed by atoms with Crippen LogP contribution in [0.4, 0.5) is 4.79 Å². The third-order valence-corrected chi connectivity index (χ3v) is 2.99. The Morgan fingerprint density at radius 1 is 1.38 bits per heavy atom. The fraction of sp³-hybridized carbons (Fsp3) is 0.917. The van der Waals surface area contributed by atoms with Crippen molar-refractivity contribution in [2.75, 3.05) is 19.8 Å². The molecule has 0 unspecified atom stereocenters. The number of carbonyl (C=O) groups excluding carboxylic acids is 1. The van der Waals surface area contributed by atoms with Gasteiger partial charge in [-0.15, -0.1) is 0 Å². The fourth-order valence-corrected chi connectivity index (χ4v) is 1.33. The SMILES string of the molecule is CCC(CC)(CO)CNC(=O)OCC(C)C. The zero-order valence-corrected chi connectivity index (χ0v) is 10.9. The second-order valence-corrected chi connectivity index (χ2v) is 4.71. The third kappa shape index (κ3) is 5.35. The molecule has 4 nitrogen and oxygen atoms in total. The molecule has 0 aromatic rings. The van der Waals surface area contributed by atoms with E-state index in [0.717, 1.165) is 12.8 Å². The smallest absolute Gasteiger partial charge is 0.407 e. The van der Waals surface area contributed by atoms with Crippen molar-refractivity contribution in [1.29, 1.82) is 0 Å². The van der Waals surface area contributed by atoms with E-state index in [1.807, 2.05) is 27.7 Å². The molecular weight excluding hydrogens is 206 g/mol. The van der Waals surface area contributed by atoms with Crippen LogP contribution in [0.1, 0.15) is 40.5 Å². The molecule has 0 spiro atoms. The first-order valence-corrected chi connectivity index (χ1v) is 6.01. The summed E-state index contributed by atoms with van der Waals surface area (Å²) < 4.78 is 5.00. The van der Waals surface area contributed by atoms with E-state index in [0.29, 0.717) is 19.1 Å². The highest BCUT2D eigenvalue weighted by Crippen LogP contribution is 2.24. The van der Waals surface area contributed by atoms with E-state index >= 15 is 0 Å². The Hall–Kier alpha value is -0.770. The van der Waals surface area contributed by atoms with E-state index in [1.54, 1.807) is 0 Å². The summed E-state index contributed by atoms with van der Waals surface area (Å²) in [7, 11) is 0. The lowest BCUT2D eigenvalue weighted by Crippen LogP contribution is -2.39. The van der Waals surface area contributed by atoms with E-state index < -0.39 is 6.09 Å². The van der Waals surface area contributed by atoms with Crippen LogP contribution in [0.5, 0.6) is 0 Å². The molecule has 0 atom stereocenters. The second kappa shape index (κ2) is 7.49. The molecule has 0 aliphatic heterocycles. The van der Waals surface area contributed by atoms with E-state index in [-0.39, 0.29) is 12.0 Å². The Kier molecular flexibility index (Phi) is 7.13. The van der Waals surface area contributed by atoms with Crippen molar-refractivity contribution in [3.05, 3.63) is 0 Å². The first kappa shape index (κ1) is 15.2. The molecule has 1 amide bonds. The van der Waals surface area contributed by atoms with Crippen LogP contribution in [0.15, 0.2) is 0 Å². The lowest BCUT2D eigenvalue weighted by Gasteiger charge is -2.29. The lowest BCUT2D eigenvalue weighted by molar-refractivity contribution is 0.0983. The second-order valence-electron chi connectivity index (χ2n) is 4.71. The predicted octanol–water partition coefficient (Wildman–Crippen LogP) is 2.17. The number of rotatable bonds is 7. The van der Waals surface area contributed by atoms with Crippen LogP contribution >= 0.6 is 0 Å². The number of hydrogen-bond acceptors (Lipinski definition) is 3. The van der Waals surface area contributed by atoms with Gasteiger partial charge in [-0.2, -0.15) is 0 Å². The molecule has 0 rings (SSSR count). The number of amides is 1. The van der Waals surface area contributed by atoms with Gasteiger partial charge in [0.15, 0.2) is 0 Å². The number of carbonyl (C=O) groups is 1. The summed E-state index contributed by atoms with van der Waals surface area (Å²) in [4.78, 5) is 11.3. The predicted molar refractivity (Wildman–Crippen MR) is 64.3 cm³/mol. The highest BCUT2D eigenvalue weighted by atomic mass is 16.5. The maximum atomic E-state index is 11.3. The van der Waals surface area contributed by atoms with Crippen molar-refractivity contribution >= 4 is 6.09 Å². The average Bonchev–Trinajstić information content (AvgIpc) is 2.29. The van der Waals surface area contributed by atoms with Crippen LogP contribution in [0.2, 0.25) is 0 Å². The van der Waals surface area contributed by atoms with Gasteiger partial charge in [-0.1, -0.05) is 27.7 Å². The van der Waals surface area contributed by atoms with Crippen molar-refractivity contribution in [3.63, 3.8) is 0 Å². The molecule has 0 aliphatic rings. The van der Waals surface area contributed by atoms with Crippen LogP contribution in [0, 0.1) is 11.3 Å². The molecule has 0 radical (unpaired) electrons. The van der Waals surface area contributed by atoms with Gasteiger partial charge in [0.05, 0.1) is 13.2 Å². The van der Waals surface area contributed by atoms with Gasteiger partial charge < -0.3 is 15.2 Å². The topological polar surface area (TPSA) is 58.6 Å². The molecule has 0 bridgehead atoms. The number of aliphatic hydroxyl groups is 1. The van der Waals surface area contributed by atoms with Crippen LogP contribution in [-0.2, 0) is 4.74 Å². The number of hydrogen-bond donors (Lipinski definition) is 2. The maximum Gasteiger partial charge on any atom is 0.407 e. The minimum absolute atomic E-state index is 0.0878. The molecule has 2 N–H and O–H groups in total. The van der Waals surface area contributed by atoms with Gasteiger partial charge in [-0.05, 0) is 18.8 Å². The molecule has 0 fully saturated rings. The van der Waals surface area contributed by atoms with Crippen LogP contribution in [0.25, 0.3) is 0 Å². The van der Waals surface area contributed by atoms with Gasteiger partial charge >= 0.3 is 6.09 Å². The first-order valence-electron chi connectivity index (χ1n) is 6.01. The Morgan fingerprint density at radius 3 is 2.31 bits per heavy atom. The van der Waals surface area contributed by atoms with Gasteiger partial charge in [-0.25, -0.2) is 4.79 Å².